The molecule has 4 nitrogen and oxygen atoms in total. The lowest BCUT2D eigenvalue weighted by Gasteiger charge is -2.33. The van der Waals surface area contributed by atoms with Gasteiger partial charge in [-0.2, -0.15) is 0 Å². The van der Waals surface area contributed by atoms with Crippen molar-refractivity contribution in [3.05, 3.63) is 30.1 Å². The van der Waals surface area contributed by atoms with Crippen LogP contribution in [0.15, 0.2) is 24.3 Å². The molecular weight excluding hydrogens is 259 g/mol. The number of benzene rings is 1. The Hall–Kier alpha value is -1.91. The minimum absolute atomic E-state index is 0.166. The lowest BCUT2D eigenvalue weighted by Crippen LogP contribution is -2.56. The van der Waals surface area contributed by atoms with E-state index in [1.807, 2.05) is 13.8 Å². The van der Waals surface area contributed by atoms with Crippen LogP contribution < -0.4 is 10.2 Å². The average molecular weight is 278 g/mol. The highest BCUT2D eigenvalue weighted by atomic mass is 19.1. The number of rotatable bonds is 3. The first-order chi connectivity index (χ1) is 9.54. The maximum Gasteiger partial charge on any atom is 0.252 e. The number of halogens is 1. The molecule has 1 fully saturated rings. The van der Waals surface area contributed by atoms with Crippen LogP contribution in [0.5, 0.6) is 0 Å². The third kappa shape index (κ3) is 2.40. The Kier molecular flexibility index (Phi) is 4.06. The molecule has 0 radical (unpaired) electrons. The molecule has 0 atom stereocenters. The molecule has 1 aromatic carbocycles. The van der Waals surface area contributed by atoms with Crippen molar-refractivity contribution in [3.63, 3.8) is 0 Å². The number of hydrogen-bond acceptors (Lipinski definition) is 2. The number of nitrogens with zero attached hydrogens (tertiary/aromatic N) is 1. The molecule has 1 aliphatic rings. The summed E-state index contributed by atoms with van der Waals surface area (Å²) >= 11 is 0. The maximum absolute atomic E-state index is 13.9. The van der Waals surface area contributed by atoms with Gasteiger partial charge in [0.2, 0.25) is 5.91 Å². The summed E-state index contributed by atoms with van der Waals surface area (Å²) in [5.41, 5.74) is -0.698. The van der Waals surface area contributed by atoms with Gasteiger partial charge in [0.15, 0.2) is 0 Å². The summed E-state index contributed by atoms with van der Waals surface area (Å²) in [6, 6.07) is 6.16. The van der Waals surface area contributed by atoms with Gasteiger partial charge < -0.3 is 10.2 Å². The highest BCUT2D eigenvalue weighted by Crippen LogP contribution is 2.27. The van der Waals surface area contributed by atoms with Crippen molar-refractivity contribution in [2.24, 2.45) is 0 Å². The quantitative estimate of drug-likeness (QED) is 0.921. The van der Waals surface area contributed by atoms with E-state index in [0.717, 1.165) is 0 Å². The van der Waals surface area contributed by atoms with E-state index in [0.29, 0.717) is 12.8 Å². The second kappa shape index (κ2) is 5.61. The van der Waals surface area contributed by atoms with E-state index in [4.69, 9.17) is 0 Å². The van der Waals surface area contributed by atoms with Crippen molar-refractivity contribution in [1.82, 2.24) is 5.32 Å². The van der Waals surface area contributed by atoms with Gasteiger partial charge in [-0.1, -0.05) is 26.0 Å². The van der Waals surface area contributed by atoms with Crippen LogP contribution in [0.25, 0.3) is 0 Å². The minimum atomic E-state index is -0.935. The first kappa shape index (κ1) is 14.5. The second-order valence-electron chi connectivity index (χ2n) is 5.00. The molecule has 2 amide bonds. The van der Waals surface area contributed by atoms with E-state index in [-0.39, 0.29) is 30.5 Å². The fraction of sp³-hybridized carbons (Fsp3) is 0.467. The molecule has 2 rings (SSSR count). The van der Waals surface area contributed by atoms with Crippen molar-refractivity contribution in [1.29, 1.82) is 0 Å². The van der Waals surface area contributed by atoms with Crippen LogP contribution >= 0.6 is 0 Å². The monoisotopic (exact) mass is 278 g/mol. The predicted octanol–water partition coefficient (Wildman–Crippen LogP) is 2.24. The molecule has 0 unspecified atom stereocenters. The zero-order valence-corrected chi connectivity index (χ0v) is 11.8. The first-order valence-corrected chi connectivity index (χ1v) is 6.91. The third-order valence-corrected chi connectivity index (χ3v) is 3.95. The maximum atomic E-state index is 13.9. The van der Waals surface area contributed by atoms with Crippen LogP contribution in [0.2, 0.25) is 0 Å². The molecule has 0 bridgehead atoms. The molecule has 108 valence electrons. The zero-order valence-electron chi connectivity index (χ0n) is 11.8. The van der Waals surface area contributed by atoms with Gasteiger partial charge in [0.1, 0.15) is 11.4 Å². The predicted molar refractivity (Wildman–Crippen MR) is 74.8 cm³/mol. The average Bonchev–Trinajstić information content (AvgIpc) is 2.58. The normalized spacial score (nSPS) is 18.6. The van der Waals surface area contributed by atoms with E-state index in [9.17, 15) is 14.0 Å². The van der Waals surface area contributed by atoms with Crippen molar-refractivity contribution in [3.8, 4) is 0 Å². The Bertz CT molecular complexity index is 526. The van der Waals surface area contributed by atoms with E-state index >= 15 is 0 Å². The van der Waals surface area contributed by atoms with Crippen molar-refractivity contribution >= 4 is 17.5 Å². The largest absolute Gasteiger partial charge is 0.342 e. The molecule has 0 aromatic heterocycles. The summed E-state index contributed by atoms with van der Waals surface area (Å²) in [6.07, 6.45) is 1.15. The van der Waals surface area contributed by atoms with Gasteiger partial charge in [0.25, 0.3) is 5.91 Å². The Morgan fingerprint density at radius 1 is 1.25 bits per heavy atom. The van der Waals surface area contributed by atoms with Gasteiger partial charge >= 0.3 is 0 Å². The molecule has 0 aliphatic carbocycles. The summed E-state index contributed by atoms with van der Waals surface area (Å²) in [7, 11) is 0. The molecule has 1 aromatic rings. The fourth-order valence-corrected chi connectivity index (χ4v) is 2.59. The van der Waals surface area contributed by atoms with Gasteiger partial charge in [0, 0.05) is 13.0 Å². The number of hydrogen-bond donors (Lipinski definition) is 1. The molecule has 1 aliphatic heterocycles. The second-order valence-corrected chi connectivity index (χ2v) is 5.00. The lowest BCUT2D eigenvalue weighted by molar-refractivity contribution is -0.130. The number of amides is 2. The fourth-order valence-electron chi connectivity index (χ4n) is 2.59. The molecule has 1 saturated heterocycles. The molecule has 0 spiro atoms. The van der Waals surface area contributed by atoms with Crippen LogP contribution in [-0.2, 0) is 9.59 Å². The summed E-state index contributed by atoms with van der Waals surface area (Å²) in [4.78, 5) is 26.0. The van der Waals surface area contributed by atoms with Gasteiger partial charge in [0.05, 0.1) is 5.69 Å². The molecule has 5 heteroatoms. The van der Waals surface area contributed by atoms with Crippen LogP contribution in [0.3, 0.4) is 0 Å². The van der Waals surface area contributed by atoms with Crippen molar-refractivity contribution < 1.29 is 14.0 Å². The number of para-hydroxylation sites is 1. The molecule has 1 heterocycles. The zero-order chi connectivity index (χ0) is 14.8. The number of nitrogens with one attached hydrogen (secondary N) is 1. The van der Waals surface area contributed by atoms with Crippen molar-refractivity contribution in [2.75, 3.05) is 11.4 Å². The lowest BCUT2D eigenvalue weighted by atomic mass is 9.91. The van der Waals surface area contributed by atoms with Crippen LogP contribution in [0, 0.1) is 5.82 Å². The Morgan fingerprint density at radius 3 is 2.50 bits per heavy atom. The summed E-state index contributed by atoms with van der Waals surface area (Å²) in [5, 5.41) is 2.81. The molecule has 20 heavy (non-hydrogen) atoms. The Balaban J connectivity index is 2.46. The third-order valence-electron chi connectivity index (χ3n) is 3.95. The van der Waals surface area contributed by atoms with Crippen LogP contribution in [0.1, 0.15) is 33.1 Å². The topological polar surface area (TPSA) is 49.4 Å². The molecule has 0 saturated carbocycles. The first-order valence-electron chi connectivity index (χ1n) is 6.91. The van der Waals surface area contributed by atoms with E-state index in [2.05, 4.69) is 5.32 Å². The van der Waals surface area contributed by atoms with Crippen LogP contribution in [0.4, 0.5) is 10.1 Å². The SMILES string of the molecule is CCC1(CC)NC(=O)CCN(c2ccccc2F)C1=O. The smallest absolute Gasteiger partial charge is 0.252 e. The van der Waals surface area contributed by atoms with Gasteiger partial charge in [-0.25, -0.2) is 4.39 Å². The Labute approximate surface area is 118 Å². The van der Waals surface area contributed by atoms with Gasteiger partial charge in [-0.15, -0.1) is 0 Å². The van der Waals surface area contributed by atoms with Gasteiger partial charge in [-0.05, 0) is 25.0 Å². The number of carbonyl (C=O) groups excluding carboxylic acids is 2. The molecular formula is C15H19FN2O2. The molecule has 1 N–H and O–H groups in total. The standard InChI is InChI=1S/C15H19FN2O2/c1-3-15(4-2)14(20)18(10-9-13(19)17-15)12-8-6-5-7-11(12)16/h5-8H,3-4,9-10H2,1-2H3,(H,17,19). The summed E-state index contributed by atoms with van der Waals surface area (Å²) in [5.74, 6) is -0.851. The van der Waals surface area contributed by atoms with Crippen LogP contribution in [-0.4, -0.2) is 23.9 Å². The van der Waals surface area contributed by atoms with E-state index in [1.54, 1.807) is 18.2 Å². The summed E-state index contributed by atoms with van der Waals surface area (Å²) in [6.45, 7) is 3.91. The number of anilines is 1. The minimum Gasteiger partial charge on any atom is -0.342 e. The highest BCUT2D eigenvalue weighted by Gasteiger charge is 2.42. The van der Waals surface area contributed by atoms with Crippen molar-refractivity contribution in [2.45, 2.75) is 38.6 Å². The van der Waals surface area contributed by atoms with E-state index < -0.39 is 11.4 Å². The highest BCUT2D eigenvalue weighted by molar-refractivity contribution is 6.04. The van der Waals surface area contributed by atoms with Gasteiger partial charge in [-0.3, -0.25) is 9.59 Å². The number of carbonyl (C=O) groups is 2. The Morgan fingerprint density at radius 2 is 1.90 bits per heavy atom. The summed E-state index contributed by atoms with van der Waals surface area (Å²) < 4.78 is 13.9. The van der Waals surface area contributed by atoms with E-state index in [1.165, 1.54) is 11.0 Å².